The highest BCUT2D eigenvalue weighted by Gasteiger charge is 2.48. The minimum Gasteiger partial charge on any atom is -0.370 e. The van der Waals surface area contributed by atoms with Crippen molar-refractivity contribution in [2.75, 3.05) is 6.61 Å². The van der Waals surface area contributed by atoms with Crippen molar-refractivity contribution >= 4 is 11.3 Å². The number of benzene rings is 1. The van der Waals surface area contributed by atoms with Gasteiger partial charge in [0.1, 0.15) is 0 Å². The van der Waals surface area contributed by atoms with E-state index in [-0.39, 0.29) is 5.60 Å². The van der Waals surface area contributed by atoms with E-state index in [2.05, 4.69) is 53.2 Å². The number of nitrogens with zero attached hydrogens (tertiary/aromatic N) is 5. The largest absolute Gasteiger partial charge is 0.370 e. The van der Waals surface area contributed by atoms with Crippen LogP contribution >= 0.6 is 0 Å². The van der Waals surface area contributed by atoms with Gasteiger partial charge in [0.15, 0.2) is 0 Å². The van der Waals surface area contributed by atoms with Gasteiger partial charge < -0.3 is 4.74 Å². The van der Waals surface area contributed by atoms with Crippen LogP contribution in [0.25, 0.3) is 16.7 Å². The van der Waals surface area contributed by atoms with Crippen molar-refractivity contribution in [1.29, 1.82) is 0 Å². The normalized spacial score (nSPS) is 24.4. The first-order valence-corrected chi connectivity index (χ1v) is 12.3. The highest BCUT2D eigenvalue weighted by atomic mass is 16.6. The maximum atomic E-state index is 5.76. The molecule has 3 aromatic rings. The molecule has 6 nitrogen and oxygen atoms in total. The second kappa shape index (κ2) is 8.51. The molecular formula is C28H31N5O. The van der Waals surface area contributed by atoms with Gasteiger partial charge in [-0.2, -0.15) is 10.2 Å². The molecule has 6 rings (SSSR count). The van der Waals surface area contributed by atoms with E-state index in [1.165, 1.54) is 24.8 Å². The van der Waals surface area contributed by atoms with E-state index in [1.807, 2.05) is 36.5 Å². The molecule has 3 aliphatic rings. The van der Waals surface area contributed by atoms with Crippen LogP contribution in [0.5, 0.6) is 0 Å². The van der Waals surface area contributed by atoms with Crippen LogP contribution in [-0.2, 0) is 11.8 Å². The van der Waals surface area contributed by atoms with Gasteiger partial charge in [0.05, 0.1) is 36.4 Å². The fourth-order valence-electron chi connectivity index (χ4n) is 5.30. The van der Waals surface area contributed by atoms with E-state index in [4.69, 9.17) is 14.8 Å². The quantitative estimate of drug-likeness (QED) is 0.463. The number of aryl methyl sites for hydroxylation is 1. The van der Waals surface area contributed by atoms with E-state index in [0.29, 0.717) is 6.04 Å². The van der Waals surface area contributed by atoms with Crippen LogP contribution in [-0.4, -0.2) is 37.5 Å². The molecule has 1 saturated heterocycles. The standard InChI is InChI=1S/C28H31N5O/c1-3-20-10-23(25-16-31-33(18-25)26-8-5-9-28(13-26)19-34-28)14-29-27(11-20)22-7-4-6-21(12-22)24-15-30-32(2)17-24/h4,6-7,10,12,14-18,26H,3,5,8-9,11,13,19H2,1-2H3. The molecule has 1 spiro atoms. The molecule has 0 bridgehead atoms. The van der Waals surface area contributed by atoms with Gasteiger partial charge in [-0.05, 0) is 42.9 Å². The average molecular weight is 454 g/mol. The second-order valence-corrected chi connectivity index (χ2v) is 9.91. The van der Waals surface area contributed by atoms with Gasteiger partial charge in [-0.3, -0.25) is 14.4 Å². The lowest BCUT2D eigenvalue weighted by molar-refractivity contribution is 0.185. The summed E-state index contributed by atoms with van der Waals surface area (Å²) in [7, 11) is 1.95. The van der Waals surface area contributed by atoms with E-state index in [9.17, 15) is 0 Å². The minimum atomic E-state index is 0.148. The smallest absolute Gasteiger partial charge is 0.0936 e. The fraction of sp³-hybridized carbons (Fsp3) is 0.393. The maximum absolute atomic E-state index is 5.76. The Morgan fingerprint density at radius 1 is 1.09 bits per heavy atom. The summed E-state index contributed by atoms with van der Waals surface area (Å²) in [5, 5.41) is 9.07. The Hall–Kier alpha value is -3.25. The molecule has 1 saturated carbocycles. The number of rotatable bonds is 5. The fourth-order valence-corrected chi connectivity index (χ4v) is 5.30. The van der Waals surface area contributed by atoms with Crippen LogP contribution in [0.1, 0.15) is 62.6 Å². The minimum absolute atomic E-state index is 0.148. The molecular weight excluding hydrogens is 422 g/mol. The molecule has 174 valence electrons. The number of hydrogen-bond acceptors (Lipinski definition) is 4. The van der Waals surface area contributed by atoms with Crippen molar-refractivity contribution in [2.24, 2.45) is 12.0 Å². The van der Waals surface area contributed by atoms with Crippen LogP contribution in [0, 0.1) is 0 Å². The van der Waals surface area contributed by atoms with Gasteiger partial charge >= 0.3 is 0 Å². The van der Waals surface area contributed by atoms with Crippen molar-refractivity contribution in [1.82, 2.24) is 19.6 Å². The number of aliphatic imine (C=N–C) groups is 1. The van der Waals surface area contributed by atoms with E-state index >= 15 is 0 Å². The van der Waals surface area contributed by atoms with Gasteiger partial charge in [0.25, 0.3) is 0 Å². The summed E-state index contributed by atoms with van der Waals surface area (Å²) in [4.78, 5) is 4.97. The van der Waals surface area contributed by atoms with E-state index < -0.39 is 0 Å². The van der Waals surface area contributed by atoms with Crippen molar-refractivity contribution in [2.45, 2.75) is 57.1 Å². The molecule has 2 unspecified atom stereocenters. The van der Waals surface area contributed by atoms with Crippen LogP contribution in [0.2, 0.25) is 0 Å². The summed E-state index contributed by atoms with van der Waals surface area (Å²) in [6.07, 6.45) is 19.0. The molecule has 34 heavy (non-hydrogen) atoms. The van der Waals surface area contributed by atoms with Crippen molar-refractivity contribution in [3.05, 3.63) is 78.0 Å². The van der Waals surface area contributed by atoms with Gasteiger partial charge in [-0.15, -0.1) is 0 Å². The van der Waals surface area contributed by atoms with Gasteiger partial charge in [-0.1, -0.05) is 36.8 Å². The second-order valence-electron chi connectivity index (χ2n) is 9.91. The van der Waals surface area contributed by atoms with Crippen molar-refractivity contribution < 1.29 is 4.74 Å². The summed E-state index contributed by atoms with van der Waals surface area (Å²) in [5.41, 5.74) is 8.34. The number of hydrogen-bond donors (Lipinski definition) is 0. The number of aromatic nitrogens is 4. The molecule has 2 atom stereocenters. The van der Waals surface area contributed by atoms with Gasteiger partial charge in [0.2, 0.25) is 0 Å². The zero-order chi connectivity index (χ0) is 23.1. The third-order valence-electron chi connectivity index (χ3n) is 7.44. The summed E-state index contributed by atoms with van der Waals surface area (Å²) < 4.78 is 9.76. The van der Waals surface area contributed by atoms with Crippen LogP contribution in [0.4, 0.5) is 0 Å². The SMILES string of the molecule is CCC1=CC(c2cnn(C3CCCC4(CO4)C3)c2)=CN=C(c2cccc(-c3cnn(C)c3)c2)C1. The molecule has 0 amide bonds. The molecule has 0 radical (unpaired) electrons. The first kappa shape index (κ1) is 21.3. The van der Waals surface area contributed by atoms with Crippen LogP contribution in [0.15, 0.2) is 71.9 Å². The monoisotopic (exact) mass is 453 g/mol. The lowest BCUT2D eigenvalue weighted by Gasteiger charge is -2.27. The molecule has 1 aromatic carbocycles. The van der Waals surface area contributed by atoms with Crippen molar-refractivity contribution in [3.8, 4) is 11.1 Å². The third kappa shape index (κ3) is 4.18. The molecule has 2 fully saturated rings. The van der Waals surface area contributed by atoms with E-state index in [1.54, 1.807) is 0 Å². The average Bonchev–Trinajstić information content (AvgIpc) is 3.25. The summed E-state index contributed by atoms with van der Waals surface area (Å²) >= 11 is 0. The molecule has 4 heterocycles. The van der Waals surface area contributed by atoms with Gasteiger partial charge in [-0.25, -0.2) is 0 Å². The number of ether oxygens (including phenoxy) is 1. The predicted octanol–water partition coefficient (Wildman–Crippen LogP) is 5.74. The number of allylic oxidation sites excluding steroid dienone is 3. The van der Waals surface area contributed by atoms with Gasteiger partial charge in [0, 0.05) is 55.2 Å². The topological polar surface area (TPSA) is 60.5 Å². The lowest BCUT2D eigenvalue weighted by Crippen LogP contribution is -2.25. The molecule has 6 heteroatoms. The first-order chi connectivity index (χ1) is 16.6. The van der Waals surface area contributed by atoms with Crippen molar-refractivity contribution in [3.63, 3.8) is 0 Å². The zero-order valence-electron chi connectivity index (χ0n) is 19.9. The zero-order valence-corrected chi connectivity index (χ0v) is 19.9. The first-order valence-electron chi connectivity index (χ1n) is 12.3. The highest BCUT2D eigenvalue weighted by Crippen LogP contribution is 2.45. The molecule has 2 aromatic heterocycles. The van der Waals surface area contributed by atoms with Crippen LogP contribution < -0.4 is 0 Å². The Morgan fingerprint density at radius 2 is 1.94 bits per heavy atom. The summed E-state index contributed by atoms with van der Waals surface area (Å²) in [5.74, 6) is 0. The Bertz CT molecular complexity index is 1300. The molecule has 1 aliphatic carbocycles. The predicted molar refractivity (Wildman–Crippen MR) is 135 cm³/mol. The Kier molecular flexibility index (Phi) is 5.33. The number of epoxide rings is 1. The Labute approximate surface area is 200 Å². The third-order valence-corrected chi connectivity index (χ3v) is 7.44. The Balaban J connectivity index is 1.29. The summed E-state index contributed by atoms with van der Waals surface area (Å²) in [6.45, 7) is 3.14. The molecule has 2 aliphatic heterocycles. The lowest BCUT2D eigenvalue weighted by atomic mass is 9.86. The van der Waals surface area contributed by atoms with Crippen LogP contribution in [0.3, 0.4) is 0 Å². The highest BCUT2D eigenvalue weighted by molar-refractivity contribution is 6.04. The molecule has 0 N–H and O–H groups in total. The Morgan fingerprint density at radius 3 is 2.74 bits per heavy atom. The summed E-state index contributed by atoms with van der Waals surface area (Å²) in [6, 6.07) is 9.04. The van der Waals surface area contributed by atoms with E-state index in [0.717, 1.165) is 59.4 Å². The maximum Gasteiger partial charge on any atom is 0.0936 e.